The molecule has 2 aliphatic rings. The normalized spacial score (nSPS) is 28.3. The maximum Gasteiger partial charge on any atom is 0.334 e. The van der Waals surface area contributed by atoms with Crippen LogP contribution in [0.3, 0.4) is 0 Å². The highest BCUT2D eigenvalue weighted by molar-refractivity contribution is 5.92. The molecule has 1 saturated carbocycles. The lowest BCUT2D eigenvalue weighted by atomic mass is 9.87. The Hall–Kier alpha value is -1.32. The van der Waals surface area contributed by atoms with Gasteiger partial charge in [-0.15, -0.1) is 0 Å². The third-order valence-electron chi connectivity index (χ3n) is 3.76. The summed E-state index contributed by atoms with van der Waals surface area (Å²) in [7, 11) is 0. The van der Waals surface area contributed by atoms with Gasteiger partial charge in [0.2, 0.25) is 0 Å². The molecule has 1 fully saturated rings. The van der Waals surface area contributed by atoms with Gasteiger partial charge in [-0.05, 0) is 60.3 Å². The smallest absolute Gasteiger partial charge is 0.334 e. The average Bonchev–Trinajstić information content (AvgIpc) is 2.82. The van der Waals surface area contributed by atoms with E-state index >= 15 is 0 Å². The van der Waals surface area contributed by atoms with Crippen LogP contribution < -0.4 is 0 Å². The molecule has 0 aromatic carbocycles. The van der Waals surface area contributed by atoms with Crippen LogP contribution in [0.25, 0.3) is 0 Å². The molecule has 2 aliphatic carbocycles. The lowest BCUT2D eigenvalue weighted by molar-refractivity contribution is -0.161. The third-order valence-corrected chi connectivity index (χ3v) is 3.76. The summed E-state index contributed by atoms with van der Waals surface area (Å²) < 4.78 is 10.9. The van der Waals surface area contributed by atoms with Gasteiger partial charge >= 0.3 is 11.9 Å². The lowest BCUT2D eigenvalue weighted by Crippen LogP contribution is -2.34. The largest absolute Gasteiger partial charge is 0.460 e. The van der Waals surface area contributed by atoms with Crippen molar-refractivity contribution in [3.63, 3.8) is 0 Å². The summed E-state index contributed by atoms with van der Waals surface area (Å²) in [5, 5.41) is 0. The first-order valence-electron chi connectivity index (χ1n) is 7.64. The summed E-state index contributed by atoms with van der Waals surface area (Å²) in [4.78, 5) is 24.6. The fourth-order valence-electron chi connectivity index (χ4n) is 3.13. The molecule has 0 spiro atoms. The van der Waals surface area contributed by atoms with Gasteiger partial charge in [-0.3, -0.25) is 4.79 Å². The Balaban J connectivity index is 2.07. The van der Waals surface area contributed by atoms with E-state index in [-0.39, 0.29) is 23.8 Å². The SMILES string of the molecule is CC(C)(C)OC(=O)C1=CC2CC(C(=O)OC(C)(C)C)C1C2. The maximum atomic E-state index is 12.3. The fraction of sp³-hybridized carbons (Fsp3) is 0.765. The van der Waals surface area contributed by atoms with Crippen LogP contribution in [0.2, 0.25) is 0 Å². The number of rotatable bonds is 2. The van der Waals surface area contributed by atoms with Crippen LogP contribution in [0.15, 0.2) is 11.6 Å². The van der Waals surface area contributed by atoms with Crippen molar-refractivity contribution in [2.45, 2.75) is 65.6 Å². The highest BCUT2D eigenvalue weighted by Crippen LogP contribution is 2.49. The number of ether oxygens (including phenoxy) is 2. The Morgan fingerprint density at radius 1 is 1.00 bits per heavy atom. The molecule has 0 radical (unpaired) electrons. The van der Waals surface area contributed by atoms with Crippen molar-refractivity contribution >= 4 is 11.9 Å². The van der Waals surface area contributed by atoms with Crippen molar-refractivity contribution in [2.75, 3.05) is 0 Å². The van der Waals surface area contributed by atoms with Gasteiger partial charge in [0.1, 0.15) is 11.2 Å². The van der Waals surface area contributed by atoms with Gasteiger partial charge in [0.05, 0.1) is 5.92 Å². The molecule has 0 saturated heterocycles. The second kappa shape index (κ2) is 5.15. The Bertz CT molecular complexity index is 476. The van der Waals surface area contributed by atoms with Crippen LogP contribution in [-0.4, -0.2) is 23.1 Å². The average molecular weight is 294 g/mol. The Labute approximate surface area is 126 Å². The molecule has 2 rings (SSSR count). The quantitative estimate of drug-likeness (QED) is 0.734. The summed E-state index contributed by atoms with van der Waals surface area (Å²) in [6.45, 7) is 11.1. The highest BCUT2D eigenvalue weighted by Gasteiger charge is 2.48. The highest BCUT2D eigenvalue weighted by atomic mass is 16.6. The summed E-state index contributed by atoms with van der Waals surface area (Å²) in [5.74, 6) is -0.427. The maximum absolute atomic E-state index is 12.3. The van der Waals surface area contributed by atoms with Crippen LogP contribution in [-0.2, 0) is 19.1 Å². The molecule has 3 atom stereocenters. The zero-order valence-electron chi connectivity index (χ0n) is 13.9. The second-order valence-corrected chi connectivity index (χ2v) is 8.10. The van der Waals surface area contributed by atoms with E-state index in [1.54, 1.807) is 0 Å². The number of esters is 2. The minimum Gasteiger partial charge on any atom is -0.460 e. The van der Waals surface area contributed by atoms with Crippen LogP contribution in [0, 0.1) is 17.8 Å². The summed E-state index contributed by atoms with van der Waals surface area (Å²) in [6.07, 6.45) is 3.63. The molecule has 4 nitrogen and oxygen atoms in total. The number of allylic oxidation sites excluding steroid dienone is 1. The molecular formula is C17H26O4. The first kappa shape index (κ1) is 16.1. The first-order chi connectivity index (χ1) is 9.46. The van der Waals surface area contributed by atoms with Crippen molar-refractivity contribution < 1.29 is 19.1 Å². The third kappa shape index (κ3) is 3.86. The van der Waals surface area contributed by atoms with E-state index in [1.165, 1.54) is 0 Å². The van der Waals surface area contributed by atoms with E-state index in [0.29, 0.717) is 11.5 Å². The molecule has 4 heteroatoms. The molecular weight excluding hydrogens is 268 g/mol. The second-order valence-electron chi connectivity index (χ2n) is 8.10. The molecule has 2 bridgehead atoms. The van der Waals surface area contributed by atoms with Crippen molar-refractivity contribution in [2.24, 2.45) is 17.8 Å². The molecule has 0 aromatic heterocycles. The Kier molecular flexibility index (Phi) is 3.94. The molecule has 21 heavy (non-hydrogen) atoms. The van der Waals surface area contributed by atoms with E-state index in [9.17, 15) is 9.59 Å². The predicted octanol–water partition coefficient (Wildman–Crippen LogP) is 3.25. The van der Waals surface area contributed by atoms with Crippen molar-refractivity contribution in [3.8, 4) is 0 Å². The minimum absolute atomic E-state index is 0.0419. The molecule has 3 unspecified atom stereocenters. The van der Waals surface area contributed by atoms with Crippen LogP contribution in [0.5, 0.6) is 0 Å². The zero-order chi connectivity index (χ0) is 16.0. The molecule has 0 aliphatic heterocycles. The van der Waals surface area contributed by atoms with E-state index in [0.717, 1.165) is 12.8 Å². The number of fused-ring (bicyclic) bond motifs is 2. The lowest BCUT2D eigenvalue weighted by Gasteiger charge is -2.27. The summed E-state index contributed by atoms with van der Waals surface area (Å²) in [6, 6.07) is 0. The molecule has 0 aromatic rings. The Morgan fingerprint density at radius 2 is 1.57 bits per heavy atom. The predicted molar refractivity (Wildman–Crippen MR) is 79.5 cm³/mol. The Morgan fingerprint density at radius 3 is 2.05 bits per heavy atom. The van der Waals surface area contributed by atoms with Crippen LogP contribution >= 0.6 is 0 Å². The van der Waals surface area contributed by atoms with E-state index < -0.39 is 11.2 Å². The standard InChI is InChI=1S/C17H26O4/c1-16(2,3)20-14(18)12-8-10-7-11(12)13(9-10)15(19)21-17(4,5)6/h8,10-11,13H,7,9H2,1-6H3. The molecule has 0 N–H and O–H groups in total. The van der Waals surface area contributed by atoms with E-state index in [1.807, 2.05) is 47.6 Å². The van der Waals surface area contributed by atoms with Crippen molar-refractivity contribution in [1.82, 2.24) is 0 Å². The molecule has 0 amide bonds. The van der Waals surface area contributed by atoms with Gasteiger partial charge in [0.25, 0.3) is 0 Å². The number of hydrogen-bond acceptors (Lipinski definition) is 4. The van der Waals surface area contributed by atoms with Gasteiger partial charge < -0.3 is 9.47 Å². The van der Waals surface area contributed by atoms with Crippen LogP contribution in [0.4, 0.5) is 0 Å². The molecule has 118 valence electrons. The summed E-state index contributed by atoms with van der Waals surface area (Å²) >= 11 is 0. The first-order valence-corrected chi connectivity index (χ1v) is 7.64. The van der Waals surface area contributed by atoms with Gasteiger partial charge in [0.15, 0.2) is 0 Å². The van der Waals surface area contributed by atoms with Crippen molar-refractivity contribution in [3.05, 3.63) is 11.6 Å². The van der Waals surface area contributed by atoms with Crippen LogP contribution in [0.1, 0.15) is 54.4 Å². The van der Waals surface area contributed by atoms with E-state index in [2.05, 4.69) is 0 Å². The molecule has 0 heterocycles. The zero-order valence-corrected chi connectivity index (χ0v) is 13.9. The van der Waals surface area contributed by atoms with Gasteiger partial charge in [-0.25, -0.2) is 4.79 Å². The van der Waals surface area contributed by atoms with Gasteiger partial charge in [-0.1, -0.05) is 6.08 Å². The number of carbonyl (C=O) groups excluding carboxylic acids is 2. The fourth-order valence-corrected chi connectivity index (χ4v) is 3.13. The minimum atomic E-state index is -0.513. The number of hydrogen-bond donors (Lipinski definition) is 0. The number of carbonyl (C=O) groups is 2. The van der Waals surface area contributed by atoms with Gasteiger partial charge in [-0.2, -0.15) is 0 Å². The van der Waals surface area contributed by atoms with Crippen molar-refractivity contribution in [1.29, 1.82) is 0 Å². The van der Waals surface area contributed by atoms with Gasteiger partial charge in [0, 0.05) is 11.5 Å². The van der Waals surface area contributed by atoms with E-state index in [4.69, 9.17) is 9.47 Å². The topological polar surface area (TPSA) is 52.6 Å². The summed E-state index contributed by atoms with van der Waals surface area (Å²) in [5.41, 5.74) is -0.340. The monoisotopic (exact) mass is 294 g/mol.